The van der Waals surface area contributed by atoms with Crippen LogP contribution in [-0.2, 0) is 0 Å². The van der Waals surface area contributed by atoms with Gasteiger partial charge in [-0.05, 0) is 30.7 Å². The van der Waals surface area contributed by atoms with Crippen molar-refractivity contribution in [2.75, 3.05) is 13.2 Å². The number of para-hydroxylation sites is 2. The van der Waals surface area contributed by atoms with Crippen LogP contribution in [0.2, 0.25) is 0 Å². The van der Waals surface area contributed by atoms with Crippen LogP contribution in [0.25, 0.3) is 11.0 Å². The summed E-state index contributed by atoms with van der Waals surface area (Å²) < 4.78 is 6.98. The summed E-state index contributed by atoms with van der Waals surface area (Å²) in [6, 6.07) is 16.5. The van der Waals surface area contributed by atoms with Crippen molar-refractivity contribution in [3.8, 4) is 11.8 Å². The fraction of sp³-hybridized carbons (Fsp3) is 0.167. The monoisotopic (exact) mass is 320 g/mol. The number of hydrogen-bond acceptors (Lipinski definition) is 4. The molecule has 0 aliphatic carbocycles. The quantitative estimate of drug-likeness (QED) is 0.733. The lowest BCUT2D eigenvalue weighted by molar-refractivity contribution is 0.241. The molecule has 1 N–H and O–H groups in total. The van der Waals surface area contributed by atoms with Crippen molar-refractivity contribution >= 4 is 17.1 Å². The first-order valence-corrected chi connectivity index (χ1v) is 7.62. The average Bonchev–Trinajstić information content (AvgIpc) is 3.06. The van der Waals surface area contributed by atoms with Gasteiger partial charge in [-0.1, -0.05) is 24.3 Å². The Labute approximate surface area is 139 Å². The van der Waals surface area contributed by atoms with Crippen LogP contribution in [0, 0.1) is 11.3 Å². The van der Waals surface area contributed by atoms with Gasteiger partial charge in [0.15, 0.2) is 0 Å². The van der Waals surface area contributed by atoms with Gasteiger partial charge in [-0.25, -0.2) is 9.78 Å². The van der Waals surface area contributed by atoms with E-state index >= 15 is 0 Å². The molecule has 120 valence electrons. The summed E-state index contributed by atoms with van der Waals surface area (Å²) in [6.07, 6.45) is 2.12. The third-order valence-electron chi connectivity index (χ3n) is 3.53. The lowest BCUT2D eigenvalue weighted by atomic mass is 10.2. The highest BCUT2D eigenvalue weighted by molar-refractivity contribution is 5.91. The van der Waals surface area contributed by atoms with Crippen molar-refractivity contribution in [2.45, 2.75) is 6.42 Å². The Hall–Kier alpha value is -3.33. The van der Waals surface area contributed by atoms with E-state index in [1.165, 1.54) is 10.9 Å². The van der Waals surface area contributed by atoms with Crippen molar-refractivity contribution in [1.29, 1.82) is 5.26 Å². The maximum absolute atomic E-state index is 12.2. The van der Waals surface area contributed by atoms with Crippen molar-refractivity contribution in [3.63, 3.8) is 0 Å². The minimum atomic E-state index is -0.271. The molecule has 0 unspecified atom stereocenters. The van der Waals surface area contributed by atoms with Gasteiger partial charge in [-0.3, -0.25) is 4.57 Å². The SMILES string of the molecule is N#Cc1cccc2c1ncn2C(=O)NCCCOc1ccccc1. The van der Waals surface area contributed by atoms with Crippen molar-refractivity contribution in [3.05, 3.63) is 60.4 Å². The molecular formula is C18H16N4O2. The molecule has 1 amide bonds. The maximum Gasteiger partial charge on any atom is 0.327 e. The van der Waals surface area contributed by atoms with E-state index in [2.05, 4.69) is 16.4 Å². The highest BCUT2D eigenvalue weighted by atomic mass is 16.5. The Morgan fingerprint density at radius 2 is 2.04 bits per heavy atom. The number of carbonyl (C=O) groups excluding carboxylic acids is 1. The minimum Gasteiger partial charge on any atom is -0.494 e. The first-order valence-electron chi connectivity index (χ1n) is 7.62. The lowest BCUT2D eigenvalue weighted by Gasteiger charge is -2.08. The molecule has 0 spiro atoms. The molecule has 0 fully saturated rings. The van der Waals surface area contributed by atoms with Crippen LogP contribution < -0.4 is 10.1 Å². The Balaban J connectivity index is 1.53. The van der Waals surface area contributed by atoms with Crippen molar-refractivity contribution < 1.29 is 9.53 Å². The summed E-state index contributed by atoms with van der Waals surface area (Å²) in [4.78, 5) is 16.4. The molecule has 1 heterocycles. The zero-order valence-corrected chi connectivity index (χ0v) is 13.0. The topological polar surface area (TPSA) is 79.9 Å². The number of rotatable bonds is 5. The molecule has 2 aromatic carbocycles. The van der Waals surface area contributed by atoms with Crippen LogP contribution in [0.5, 0.6) is 5.75 Å². The van der Waals surface area contributed by atoms with Gasteiger partial charge in [0.25, 0.3) is 0 Å². The largest absolute Gasteiger partial charge is 0.494 e. The maximum atomic E-state index is 12.2. The predicted octanol–water partition coefficient (Wildman–Crippen LogP) is 2.93. The number of hydrogen-bond donors (Lipinski definition) is 1. The molecule has 6 heteroatoms. The number of imidazole rings is 1. The average molecular weight is 320 g/mol. The number of carbonyl (C=O) groups is 1. The molecule has 0 aliphatic heterocycles. The molecule has 0 aliphatic rings. The number of benzene rings is 2. The molecule has 0 atom stereocenters. The Kier molecular flexibility index (Phi) is 4.73. The summed E-state index contributed by atoms with van der Waals surface area (Å²) in [7, 11) is 0. The Morgan fingerprint density at radius 1 is 1.21 bits per heavy atom. The summed E-state index contributed by atoms with van der Waals surface area (Å²) in [5.74, 6) is 0.813. The normalized spacial score (nSPS) is 10.3. The van der Waals surface area contributed by atoms with Crippen molar-refractivity contribution in [1.82, 2.24) is 14.9 Å². The molecule has 0 saturated carbocycles. The second-order valence-corrected chi connectivity index (χ2v) is 5.15. The zero-order valence-electron chi connectivity index (χ0n) is 13.0. The molecule has 24 heavy (non-hydrogen) atoms. The van der Waals surface area contributed by atoms with E-state index in [-0.39, 0.29) is 6.03 Å². The summed E-state index contributed by atoms with van der Waals surface area (Å²) >= 11 is 0. The standard InChI is InChI=1S/C18H16N4O2/c19-12-14-6-4-9-16-17(14)21-13-22(16)18(23)20-10-5-11-24-15-7-2-1-3-8-15/h1-4,6-9,13H,5,10-11H2,(H,20,23). The minimum absolute atomic E-state index is 0.271. The number of nitrogens with zero attached hydrogens (tertiary/aromatic N) is 3. The Bertz CT molecular complexity index is 881. The van der Waals surface area contributed by atoms with E-state index in [0.29, 0.717) is 36.2 Å². The van der Waals surface area contributed by atoms with Gasteiger partial charge in [-0.15, -0.1) is 0 Å². The predicted molar refractivity (Wildman–Crippen MR) is 89.8 cm³/mol. The highest BCUT2D eigenvalue weighted by Gasteiger charge is 2.11. The second kappa shape index (κ2) is 7.29. The van der Waals surface area contributed by atoms with Crippen LogP contribution in [0.3, 0.4) is 0 Å². The molecule has 3 rings (SSSR count). The summed E-state index contributed by atoms with van der Waals surface area (Å²) in [5.41, 5.74) is 1.60. The van der Waals surface area contributed by atoms with Gasteiger partial charge < -0.3 is 10.1 Å². The third-order valence-corrected chi connectivity index (χ3v) is 3.53. The first-order chi connectivity index (χ1) is 11.8. The Morgan fingerprint density at radius 3 is 2.83 bits per heavy atom. The zero-order chi connectivity index (χ0) is 16.8. The van der Waals surface area contributed by atoms with Crippen LogP contribution in [0.1, 0.15) is 12.0 Å². The molecular weight excluding hydrogens is 304 g/mol. The molecule has 0 saturated heterocycles. The van der Waals surface area contributed by atoms with Crippen molar-refractivity contribution in [2.24, 2.45) is 0 Å². The van der Waals surface area contributed by atoms with E-state index in [1.807, 2.05) is 30.3 Å². The van der Waals surface area contributed by atoms with Gasteiger partial charge >= 0.3 is 6.03 Å². The number of fused-ring (bicyclic) bond motifs is 1. The first kappa shape index (κ1) is 15.6. The number of aromatic nitrogens is 2. The smallest absolute Gasteiger partial charge is 0.327 e. The van der Waals surface area contributed by atoms with Gasteiger partial charge in [0.1, 0.15) is 23.7 Å². The van der Waals surface area contributed by atoms with Crippen LogP contribution in [0.4, 0.5) is 4.79 Å². The number of ether oxygens (including phenoxy) is 1. The van der Waals surface area contributed by atoms with E-state index in [0.717, 1.165) is 5.75 Å². The third kappa shape index (κ3) is 3.36. The fourth-order valence-corrected chi connectivity index (χ4v) is 2.35. The lowest BCUT2D eigenvalue weighted by Crippen LogP contribution is -2.29. The van der Waals surface area contributed by atoms with E-state index in [4.69, 9.17) is 10.00 Å². The summed E-state index contributed by atoms with van der Waals surface area (Å²) in [6.45, 7) is 1.01. The van der Waals surface area contributed by atoms with Gasteiger partial charge in [0, 0.05) is 6.54 Å². The van der Waals surface area contributed by atoms with Crippen LogP contribution >= 0.6 is 0 Å². The van der Waals surface area contributed by atoms with Gasteiger partial charge in [0.05, 0.1) is 17.7 Å². The van der Waals surface area contributed by atoms with E-state index in [9.17, 15) is 4.79 Å². The molecule has 0 radical (unpaired) electrons. The van der Waals surface area contributed by atoms with Gasteiger partial charge in [0.2, 0.25) is 0 Å². The number of amides is 1. The van der Waals surface area contributed by atoms with Gasteiger partial charge in [-0.2, -0.15) is 5.26 Å². The van der Waals surface area contributed by atoms with Crippen LogP contribution in [-0.4, -0.2) is 28.7 Å². The number of nitrogens with one attached hydrogen (secondary N) is 1. The molecule has 3 aromatic rings. The fourth-order valence-electron chi connectivity index (χ4n) is 2.35. The second-order valence-electron chi connectivity index (χ2n) is 5.15. The molecule has 1 aromatic heterocycles. The number of nitriles is 1. The van der Waals surface area contributed by atoms with E-state index in [1.54, 1.807) is 18.2 Å². The van der Waals surface area contributed by atoms with E-state index < -0.39 is 0 Å². The molecule has 0 bridgehead atoms. The highest BCUT2D eigenvalue weighted by Crippen LogP contribution is 2.16. The van der Waals surface area contributed by atoms with Crippen LogP contribution in [0.15, 0.2) is 54.9 Å². The summed E-state index contributed by atoms with van der Waals surface area (Å²) in [5, 5.41) is 11.9. The molecule has 6 nitrogen and oxygen atoms in total.